The molecule has 5 heteroatoms. The lowest BCUT2D eigenvalue weighted by atomic mass is 9.93. The van der Waals surface area contributed by atoms with Crippen LogP contribution in [0.1, 0.15) is 31.7 Å². The minimum Gasteiger partial charge on any atom is -0.323 e. The highest BCUT2D eigenvalue weighted by Crippen LogP contribution is 2.27. The van der Waals surface area contributed by atoms with Crippen molar-refractivity contribution in [3.05, 3.63) is 28.2 Å². The summed E-state index contributed by atoms with van der Waals surface area (Å²) in [6, 6.07) is 7.34. The van der Waals surface area contributed by atoms with Gasteiger partial charge in [-0.2, -0.15) is 5.26 Å². The highest BCUT2D eigenvalue weighted by atomic mass is 79.9. The van der Waals surface area contributed by atoms with Crippen LogP contribution in [-0.2, 0) is 4.79 Å². The Bertz CT molecular complexity index is 530. The van der Waals surface area contributed by atoms with E-state index in [0.29, 0.717) is 11.3 Å². The molecular formula is C14H16BrN3O. The van der Waals surface area contributed by atoms with Gasteiger partial charge in [-0.1, -0.05) is 22.9 Å². The Hall–Kier alpha value is -1.38. The van der Waals surface area contributed by atoms with E-state index in [-0.39, 0.29) is 5.91 Å². The molecule has 0 bridgehead atoms. The molecule has 1 aliphatic rings. The van der Waals surface area contributed by atoms with Gasteiger partial charge in [0.25, 0.3) is 0 Å². The fraction of sp³-hybridized carbons (Fsp3) is 0.429. The first-order valence-electron chi connectivity index (χ1n) is 6.37. The average molecular weight is 322 g/mol. The van der Waals surface area contributed by atoms with Gasteiger partial charge < -0.3 is 10.6 Å². The standard InChI is InChI=1S/C14H16BrN3O/c1-2-14(6-3-7-17-14)13(19)18-12-8-11(15)5-4-10(12)9-16/h4-5,8,17H,2-3,6-7H2,1H3,(H,18,19). The maximum Gasteiger partial charge on any atom is 0.244 e. The number of hydrogen-bond donors (Lipinski definition) is 2. The van der Waals surface area contributed by atoms with Crippen LogP contribution in [0.2, 0.25) is 0 Å². The van der Waals surface area contributed by atoms with E-state index in [0.717, 1.165) is 30.3 Å². The lowest BCUT2D eigenvalue weighted by Crippen LogP contribution is -2.50. The molecule has 0 aromatic heterocycles. The van der Waals surface area contributed by atoms with Gasteiger partial charge in [0, 0.05) is 4.47 Å². The number of carbonyl (C=O) groups is 1. The number of benzene rings is 1. The van der Waals surface area contributed by atoms with Crippen LogP contribution in [0.15, 0.2) is 22.7 Å². The largest absolute Gasteiger partial charge is 0.323 e. The zero-order valence-corrected chi connectivity index (χ0v) is 12.4. The number of rotatable bonds is 3. The van der Waals surface area contributed by atoms with Gasteiger partial charge in [0.2, 0.25) is 5.91 Å². The van der Waals surface area contributed by atoms with Gasteiger partial charge in [0.05, 0.1) is 16.8 Å². The number of nitrogens with one attached hydrogen (secondary N) is 2. The van der Waals surface area contributed by atoms with Crippen molar-refractivity contribution >= 4 is 27.5 Å². The topological polar surface area (TPSA) is 64.9 Å². The van der Waals surface area contributed by atoms with Crippen molar-refractivity contribution in [1.82, 2.24) is 5.32 Å². The van der Waals surface area contributed by atoms with E-state index in [1.807, 2.05) is 6.92 Å². The van der Waals surface area contributed by atoms with E-state index in [9.17, 15) is 4.79 Å². The Labute approximate surface area is 121 Å². The highest BCUT2D eigenvalue weighted by molar-refractivity contribution is 9.10. The number of nitrogens with zero attached hydrogens (tertiary/aromatic N) is 1. The van der Waals surface area contributed by atoms with Gasteiger partial charge >= 0.3 is 0 Å². The fourth-order valence-electron chi connectivity index (χ4n) is 2.42. The Balaban J connectivity index is 2.24. The van der Waals surface area contributed by atoms with Crippen molar-refractivity contribution in [3.8, 4) is 6.07 Å². The van der Waals surface area contributed by atoms with E-state index < -0.39 is 5.54 Å². The van der Waals surface area contributed by atoms with E-state index >= 15 is 0 Å². The van der Waals surface area contributed by atoms with E-state index in [1.165, 1.54) is 0 Å². The summed E-state index contributed by atoms with van der Waals surface area (Å²) < 4.78 is 0.840. The Kier molecular flexibility index (Phi) is 4.23. The normalized spacial score (nSPS) is 21.9. The lowest BCUT2D eigenvalue weighted by molar-refractivity contribution is -0.122. The smallest absolute Gasteiger partial charge is 0.244 e. The summed E-state index contributed by atoms with van der Waals surface area (Å²) in [7, 11) is 0. The molecule has 1 amide bonds. The van der Waals surface area contributed by atoms with Crippen molar-refractivity contribution in [2.45, 2.75) is 31.7 Å². The van der Waals surface area contributed by atoms with Crippen LogP contribution in [0, 0.1) is 11.3 Å². The second-order valence-electron chi connectivity index (χ2n) is 4.72. The monoisotopic (exact) mass is 321 g/mol. The molecule has 0 aliphatic carbocycles. The third kappa shape index (κ3) is 2.80. The Morgan fingerprint density at radius 1 is 1.63 bits per heavy atom. The summed E-state index contributed by atoms with van der Waals surface area (Å²) in [4.78, 5) is 12.4. The molecule has 0 spiro atoms. The first-order valence-corrected chi connectivity index (χ1v) is 7.17. The molecule has 0 radical (unpaired) electrons. The second-order valence-corrected chi connectivity index (χ2v) is 5.64. The summed E-state index contributed by atoms with van der Waals surface area (Å²) in [5, 5.41) is 15.2. The van der Waals surface area contributed by atoms with Gasteiger partial charge in [-0.3, -0.25) is 4.79 Å². The third-order valence-electron chi connectivity index (χ3n) is 3.63. The molecule has 1 atom stereocenters. The van der Waals surface area contributed by atoms with E-state index in [1.54, 1.807) is 18.2 Å². The molecule has 0 saturated carbocycles. The predicted octanol–water partition coefficient (Wildman–Crippen LogP) is 2.79. The van der Waals surface area contributed by atoms with Gasteiger partial charge in [0.15, 0.2) is 0 Å². The predicted molar refractivity (Wildman–Crippen MR) is 77.7 cm³/mol. The number of hydrogen-bond acceptors (Lipinski definition) is 3. The molecule has 19 heavy (non-hydrogen) atoms. The first kappa shape index (κ1) is 14.0. The second kappa shape index (κ2) is 5.72. The van der Waals surface area contributed by atoms with Crippen LogP contribution in [0.5, 0.6) is 0 Å². The fourth-order valence-corrected chi connectivity index (χ4v) is 2.78. The van der Waals surface area contributed by atoms with Gasteiger partial charge in [-0.05, 0) is 44.0 Å². The molecule has 1 aromatic carbocycles. The molecular weight excluding hydrogens is 306 g/mol. The zero-order chi connectivity index (χ0) is 13.9. The van der Waals surface area contributed by atoms with Crippen LogP contribution < -0.4 is 10.6 Å². The highest BCUT2D eigenvalue weighted by Gasteiger charge is 2.39. The molecule has 1 heterocycles. The summed E-state index contributed by atoms with van der Waals surface area (Å²) in [5.41, 5.74) is 0.541. The quantitative estimate of drug-likeness (QED) is 0.899. The van der Waals surface area contributed by atoms with E-state index in [4.69, 9.17) is 5.26 Å². The minimum absolute atomic E-state index is 0.0536. The third-order valence-corrected chi connectivity index (χ3v) is 4.13. The van der Waals surface area contributed by atoms with Gasteiger partial charge in [0.1, 0.15) is 6.07 Å². The van der Waals surface area contributed by atoms with Crippen LogP contribution in [-0.4, -0.2) is 18.0 Å². The van der Waals surface area contributed by atoms with Crippen molar-refractivity contribution in [2.75, 3.05) is 11.9 Å². The van der Waals surface area contributed by atoms with Crippen LogP contribution >= 0.6 is 15.9 Å². The van der Waals surface area contributed by atoms with Crippen molar-refractivity contribution in [1.29, 1.82) is 5.26 Å². The number of nitriles is 1. The maximum atomic E-state index is 12.4. The average Bonchev–Trinajstić information content (AvgIpc) is 2.89. The molecule has 1 unspecified atom stereocenters. The molecule has 1 fully saturated rings. The van der Waals surface area contributed by atoms with Crippen LogP contribution in [0.4, 0.5) is 5.69 Å². The number of amides is 1. The SMILES string of the molecule is CCC1(C(=O)Nc2cc(Br)ccc2C#N)CCCN1. The van der Waals surface area contributed by atoms with Gasteiger partial charge in [-0.15, -0.1) is 0 Å². The van der Waals surface area contributed by atoms with Crippen molar-refractivity contribution in [2.24, 2.45) is 0 Å². The molecule has 2 rings (SSSR count). The summed E-state index contributed by atoms with van der Waals surface area (Å²) in [6.07, 6.45) is 2.59. The van der Waals surface area contributed by atoms with Crippen molar-refractivity contribution < 1.29 is 4.79 Å². The molecule has 4 nitrogen and oxygen atoms in total. The van der Waals surface area contributed by atoms with E-state index in [2.05, 4.69) is 32.6 Å². The molecule has 100 valence electrons. The lowest BCUT2D eigenvalue weighted by Gasteiger charge is -2.26. The molecule has 1 aliphatic heterocycles. The molecule has 1 saturated heterocycles. The number of carbonyl (C=O) groups excluding carboxylic acids is 1. The summed E-state index contributed by atoms with van der Waals surface area (Å²) in [5.74, 6) is -0.0536. The zero-order valence-electron chi connectivity index (χ0n) is 10.8. The Morgan fingerprint density at radius 2 is 2.42 bits per heavy atom. The van der Waals surface area contributed by atoms with Gasteiger partial charge in [-0.25, -0.2) is 0 Å². The summed E-state index contributed by atoms with van der Waals surface area (Å²) in [6.45, 7) is 2.87. The number of halogens is 1. The molecule has 2 N–H and O–H groups in total. The maximum absolute atomic E-state index is 12.4. The van der Waals surface area contributed by atoms with Crippen molar-refractivity contribution in [3.63, 3.8) is 0 Å². The molecule has 1 aromatic rings. The first-order chi connectivity index (χ1) is 9.11. The van der Waals surface area contributed by atoms with Crippen LogP contribution in [0.3, 0.4) is 0 Å². The minimum atomic E-state index is -0.491. The summed E-state index contributed by atoms with van der Waals surface area (Å²) >= 11 is 3.35. The Morgan fingerprint density at radius 3 is 3.00 bits per heavy atom. The van der Waals surface area contributed by atoms with Crippen LogP contribution in [0.25, 0.3) is 0 Å². The number of anilines is 1.